The number of anilines is 1. The van der Waals surface area contributed by atoms with Crippen molar-refractivity contribution >= 4 is 29.4 Å². The van der Waals surface area contributed by atoms with Crippen LogP contribution in [0.5, 0.6) is 5.75 Å². The fourth-order valence-electron chi connectivity index (χ4n) is 4.76. The largest absolute Gasteiger partial charge is 0.504 e. The van der Waals surface area contributed by atoms with Crippen LogP contribution in [-0.4, -0.2) is 53.6 Å². The Balaban J connectivity index is 1.99. The molecule has 1 spiro atoms. The molecule has 3 aliphatic rings. The minimum atomic E-state index is -1.77. The highest BCUT2D eigenvalue weighted by molar-refractivity contribution is 6.20. The molecule has 3 heterocycles. The molecule has 4 amide bonds. The van der Waals surface area contributed by atoms with Crippen LogP contribution in [0.4, 0.5) is 14.9 Å². The quantitative estimate of drug-likeness (QED) is 0.244. The molecule has 3 aliphatic heterocycles. The minimum Gasteiger partial charge on any atom is -0.504 e. The van der Waals surface area contributed by atoms with Crippen molar-refractivity contribution in [1.82, 2.24) is 10.6 Å². The van der Waals surface area contributed by atoms with Gasteiger partial charge in [-0.25, -0.2) is 9.18 Å². The third kappa shape index (κ3) is 2.50. The number of barbiturate groups is 1. The molecule has 0 bridgehead atoms. The van der Waals surface area contributed by atoms with Crippen molar-refractivity contribution in [2.45, 2.75) is 38.5 Å². The second-order valence-corrected chi connectivity index (χ2v) is 7.64. The second-order valence-electron chi connectivity index (χ2n) is 7.64. The van der Waals surface area contributed by atoms with Crippen LogP contribution in [0.2, 0.25) is 0 Å². The van der Waals surface area contributed by atoms with E-state index in [-0.39, 0.29) is 35.9 Å². The molecule has 0 aliphatic carbocycles. The molecule has 6 N–H and O–H groups in total. The van der Waals surface area contributed by atoms with Gasteiger partial charge in [-0.15, -0.1) is 0 Å². The molecule has 0 aromatic heterocycles. The van der Waals surface area contributed by atoms with Crippen molar-refractivity contribution in [2.75, 3.05) is 11.4 Å². The summed E-state index contributed by atoms with van der Waals surface area (Å²) in [5.74, 6) is -3.94. The molecule has 0 saturated carbocycles. The number of nitrogens with two attached hydrogens (primary N) is 1. The first kappa shape index (κ1) is 19.1. The number of amidine groups is 1. The summed E-state index contributed by atoms with van der Waals surface area (Å²) in [6.45, 7) is 3.58. The van der Waals surface area contributed by atoms with Gasteiger partial charge in [-0.2, -0.15) is 0 Å². The number of morpholine rings is 1. The van der Waals surface area contributed by atoms with Gasteiger partial charge in [0.25, 0.3) is 0 Å². The van der Waals surface area contributed by atoms with Gasteiger partial charge in [-0.3, -0.25) is 25.6 Å². The molecule has 1 aromatic carbocycles. The Morgan fingerprint density at radius 2 is 1.97 bits per heavy atom. The molecule has 1 aromatic rings. The van der Waals surface area contributed by atoms with Gasteiger partial charge in [0.15, 0.2) is 17.0 Å². The summed E-state index contributed by atoms with van der Waals surface area (Å²) in [5, 5.41) is 22.1. The van der Waals surface area contributed by atoms with E-state index in [0.717, 1.165) is 0 Å². The van der Waals surface area contributed by atoms with Crippen LogP contribution >= 0.6 is 0 Å². The number of halogens is 1. The lowest BCUT2D eigenvalue weighted by molar-refractivity contribution is -0.153. The average Bonchev–Trinajstić information content (AvgIpc) is 2.61. The Morgan fingerprint density at radius 1 is 1.34 bits per heavy atom. The first-order chi connectivity index (χ1) is 13.6. The fraction of sp³-hybridized carbons (Fsp3) is 0.444. The molecule has 10 nitrogen and oxygen atoms in total. The SMILES string of the molecule is C[C@@H]1CN2c3c(cc(C(=N)N)c(O)c3F)CC3(C(=O)NC(=O)NC3=O)[C@H]2[C@H](C)O1. The summed E-state index contributed by atoms with van der Waals surface area (Å²) in [7, 11) is 0. The maximum absolute atomic E-state index is 15.2. The van der Waals surface area contributed by atoms with Crippen molar-refractivity contribution in [1.29, 1.82) is 5.41 Å². The molecule has 3 atom stereocenters. The van der Waals surface area contributed by atoms with Crippen LogP contribution in [0.15, 0.2) is 6.07 Å². The fourth-order valence-corrected chi connectivity index (χ4v) is 4.76. The van der Waals surface area contributed by atoms with Crippen molar-refractivity contribution in [2.24, 2.45) is 11.1 Å². The maximum Gasteiger partial charge on any atom is 0.328 e. The number of urea groups is 1. The van der Waals surface area contributed by atoms with Crippen LogP contribution in [0, 0.1) is 16.6 Å². The lowest BCUT2D eigenvalue weighted by Gasteiger charge is -2.55. The first-order valence-corrected chi connectivity index (χ1v) is 9.05. The minimum absolute atomic E-state index is 0.0302. The highest BCUT2D eigenvalue weighted by Gasteiger charge is 2.63. The topological polar surface area (TPSA) is 158 Å². The summed E-state index contributed by atoms with van der Waals surface area (Å²) in [5.41, 5.74) is 3.71. The number of nitrogens with one attached hydrogen (secondary N) is 3. The van der Waals surface area contributed by atoms with Crippen LogP contribution in [0.1, 0.15) is 25.0 Å². The Morgan fingerprint density at radius 3 is 2.55 bits per heavy atom. The van der Waals surface area contributed by atoms with Crippen molar-refractivity contribution < 1.29 is 28.6 Å². The summed E-state index contributed by atoms with van der Waals surface area (Å²) >= 11 is 0. The van der Waals surface area contributed by atoms with Gasteiger partial charge in [-0.05, 0) is 25.5 Å². The molecule has 2 fully saturated rings. The highest BCUT2D eigenvalue weighted by Crippen LogP contribution is 2.49. The molecule has 154 valence electrons. The number of phenolic OH excluding ortho intramolecular Hbond substituents is 1. The van der Waals surface area contributed by atoms with Crippen molar-refractivity contribution in [3.05, 3.63) is 23.0 Å². The molecule has 11 heteroatoms. The molecular weight excluding hydrogens is 385 g/mol. The van der Waals surface area contributed by atoms with Crippen LogP contribution in [0.25, 0.3) is 0 Å². The number of ether oxygens (including phenoxy) is 1. The number of fused-ring (bicyclic) bond motifs is 4. The number of benzene rings is 1. The Hall–Kier alpha value is -3.21. The van der Waals surface area contributed by atoms with E-state index in [1.54, 1.807) is 13.8 Å². The number of phenols is 1. The zero-order chi connectivity index (χ0) is 21.2. The Bertz CT molecular complexity index is 960. The number of hydrogen-bond acceptors (Lipinski definition) is 7. The number of nitrogen functional groups attached to an aromatic ring is 1. The van der Waals surface area contributed by atoms with Gasteiger partial charge in [-0.1, -0.05) is 0 Å². The molecule has 0 radical (unpaired) electrons. The van der Waals surface area contributed by atoms with Gasteiger partial charge in [0.1, 0.15) is 5.84 Å². The molecule has 2 saturated heterocycles. The Kier molecular flexibility index (Phi) is 4.05. The summed E-state index contributed by atoms with van der Waals surface area (Å²) in [4.78, 5) is 39.1. The van der Waals surface area contributed by atoms with Crippen molar-refractivity contribution in [3.8, 4) is 5.75 Å². The molecule has 4 rings (SSSR count). The first-order valence-electron chi connectivity index (χ1n) is 9.05. The number of nitrogens with zero attached hydrogens (tertiary/aromatic N) is 1. The van der Waals surface area contributed by atoms with Crippen LogP contribution < -0.4 is 21.3 Å². The zero-order valence-electron chi connectivity index (χ0n) is 15.7. The summed E-state index contributed by atoms with van der Waals surface area (Å²) in [6.07, 6.45) is -1.27. The van der Waals surface area contributed by atoms with E-state index in [2.05, 4.69) is 10.6 Å². The smallest absolute Gasteiger partial charge is 0.328 e. The predicted molar refractivity (Wildman–Crippen MR) is 98.0 cm³/mol. The number of imide groups is 2. The van der Waals surface area contributed by atoms with Gasteiger partial charge in [0.05, 0.1) is 29.5 Å². The zero-order valence-corrected chi connectivity index (χ0v) is 15.7. The average molecular weight is 405 g/mol. The predicted octanol–water partition coefficient (Wildman–Crippen LogP) is -0.294. The standard InChI is InChI=1S/C18H20FN5O5/c1-6-5-24-11-8(3-9(14(20)21)12(25)10(11)19)4-18(13(24)7(2)29-6)15(26)22-17(28)23-16(18)27/h3,6-7,13,25H,4-5H2,1-2H3,(H3,20,21)(H2,22,23,26,27,28)/t6-,7+,13-/m1/s1. The lowest BCUT2D eigenvalue weighted by atomic mass is 9.66. The monoisotopic (exact) mass is 405 g/mol. The number of amides is 4. The third-order valence-electron chi connectivity index (χ3n) is 5.79. The van der Waals surface area contributed by atoms with Crippen LogP contribution in [-0.2, 0) is 20.7 Å². The van der Waals surface area contributed by atoms with Crippen molar-refractivity contribution in [3.63, 3.8) is 0 Å². The molecular formula is C18H20FN5O5. The third-order valence-corrected chi connectivity index (χ3v) is 5.79. The number of aromatic hydroxyl groups is 1. The van der Waals surface area contributed by atoms with Gasteiger partial charge in [0.2, 0.25) is 11.8 Å². The second kappa shape index (κ2) is 6.14. The maximum atomic E-state index is 15.2. The Labute approximate surface area is 164 Å². The van der Waals surface area contributed by atoms with Crippen LogP contribution in [0.3, 0.4) is 0 Å². The number of carbonyl (C=O) groups is 3. The van der Waals surface area contributed by atoms with E-state index in [1.807, 2.05) is 0 Å². The normalized spacial score (nSPS) is 27.8. The van der Waals surface area contributed by atoms with Gasteiger partial charge in [0, 0.05) is 13.0 Å². The van der Waals surface area contributed by atoms with E-state index < -0.39 is 52.8 Å². The molecule has 0 unspecified atom stereocenters. The summed E-state index contributed by atoms with van der Waals surface area (Å²) < 4.78 is 21.0. The van der Waals surface area contributed by atoms with E-state index in [0.29, 0.717) is 0 Å². The van der Waals surface area contributed by atoms with Gasteiger partial charge < -0.3 is 20.5 Å². The van der Waals surface area contributed by atoms with E-state index >= 15 is 4.39 Å². The number of carbonyl (C=O) groups excluding carboxylic acids is 3. The molecule has 29 heavy (non-hydrogen) atoms. The summed E-state index contributed by atoms with van der Waals surface area (Å²) in [6, 6.07) is -0.547. The van der Waals surface area contributed by atoms with E-state index in [1.165, 1.54) is 11.0 Å². The van der Waals surface area contributed by atoms with E-state index in [9.17, 15) is 19.5 Å². The van der Waals surface area contributed by atoms with E-state index in [4.69, 9.17) is 15.9 Å². The van der Waals surface area contributed by atoms with Gasteiger partial charge >= 0.3 is 6.03 Å². The number of hydrogen-bond donors (Lipinski definition) is 5. The highest BCUT2D eigenvalue weighted by atomic mass is 19.1. The lowest BCUT2D eigenvalue weighted by Crippen LogP contribution is -2.75. The number of rotatable bonds is 1.